The summed E-state index contributed by atoms with van der Waals surface area (Å²) in [5, 5.41) is 7.05. The summed E-state index contributed by atoms with van der Waals surface area (Å²) in [5.74, 6) is 0.144. The van der Waals surface area contributed by atoms with Gasteiger partial charge in [-0.05, 0) is 38.0 Å². The average Bonchev–Trinajstić information content (AvgIpc) is 3.20. The molecule has 1 fully saturated rings. The number of carbonyl (C=O) groups is 1. The number of aromatic nitrogens is 3. The number of benzene rings is 1. The normalized spacial score (nSPS) is 16.4. The molecule has 3 aromatic rings. The van der Waals surface area contributed by atoms with Crippen LogP contribution in [0.1, 0.15) is 29.0 Å². The number of amides is 1. The second-order valence-electron chi connectivity index (χ2n) is 6.57. The molecule has 1 amide bonds. The fourth-order valence-electron chi connectivity index (χ4n) is 3.17. The van der Waals surface area contributed by atoms with Crippen LogP contribution in [0.5, 0.6) is 0 Å². The van der Waals surface area contributed by atoms with Gasteiger partial charge >= 0.3 is 0 Å². The first kappa shape index (κ1) is 17.4. The van der Waals surface area contributed by atoms with E-state index in [0.717, 1.165) is 36.0 Å². The molecule has 0 aliphatic carbocycles. The number of anilines is 2. The quantitative estimate of drug-likeness (QED) is 0.724. The molecule has 138 valence electrons. The van der Waals surface area contributed by atoms with E-state index in [2.05, 4.69) is 25.6 Å². The van der Waals surface area contributed by atoms with Crippen LogP contribution in [0.4, 0.5) is 11.6 Å². The van der Waals surface area contributed by atoms with Gasteiger partial charge in [0.15, 0.2) is 0 Å². The van der Waals surface area contributed by atoms with Crippen molar-refractivity contribution in [3.63, 3.8) is 0 Å². The minimum atomic E-state index is -0.293. The van der Waals surface area contributed by atoms with E-state index in [0.29, 0.717) is 23.9 Å². The third-order valence-electron chi connectivity index (χ3n) is 4.48. The minimum Gasteiger partial charge on any atom is -0.376 e. The van der Waals surface area contributed by atoms with Gasteiger partial charge in [0.2, 0.25) is 5.95 Å². The van der Waals surface area contributed by atoms with E-state index in [1.54, 1.807) is 12.3 Å². The molecular formula is C20H21N5O2. The van der Waals surface area contributed by atoms with Crippen molar-refractivity contribution in [3.05, 3.63) is 54.0 Å². The lowest BCUT2D eigenvalue weighted by atomic mass is 10.2. The van der Waals surface area contributed by atoms with Gasteiger partial charge in [-0.15, -0.1) is 0 Å². The molecule has 1 aliphatic rings. The monoisotopic (exact) mass is 363 g/mol. The third-order valence-corrected chi connectivity index (χ3v) is 4.48. The van der Waals surface area contributed by atoms with Gasteiger partial charge in [0.1, 0.15) is 5.69 Å². The summed E-state index contributed by atoms with van der Waals surface area (Å²) in [5.41, 5.74) is 2.44. The number of nitrogens with one attached hydrogen (secondary N) is 2. The molecule has 7 nitrogen and oxygen atoms in total. The number of carbonyl (C=O) groups excluding carboxylic acids is 1. The summed E-state index contributed by atoms with van der Waals surface area (Å²) < 4.78 is 5.60. The maximum absolute atomic E-state index is 12.7. The molecule has 0 radical (unpaired) electrons. The van der Waals surface area contributed by atoms with Crippen molar-refractivity contribution >= 4 is 28.4 Å². The number of nitrogens with zero attached hydrogens (tertiary/aromatic N) is 3. The van der Waals surface area contributed by atoms with E-state index >= 15 is 0 Å². The van der Waals surface area contributed by atoms with Gasteiger partial charge in [0.25, 0.3) is 5.91 Å². The predicted octanol–water partition coefficient (Wildman–Crippen LogP) is 3.18. The molecule has 27 heavy (non-hydrogen) atoms. The van der Waals surface area contributed by atoms with E-state index in [1.807, 2.05) is 37.3 Å². The van der Waals surface area contributed by atoms with Gasteiger partial charge in [-0.1, -0.05) is 18.2 Å². The van der Waals surface area contributed by atoms with Crippen LogP contribution >= 0.6 is 0 Å². The zero-order valence-electron chi connectivity index (χ0n) is 15.1. The number of aryl methyl sites for hydroxylation is 1. The number of hydrogen-bond acceptors (Lipinski definition) is 6. The molecule has 1 atom stereocenters. The first-order valence-corrected chi connectivity index (χ1v) is 9.05. The van der Waals surface area contributed by atoms with Gasteiger partial charge in [0, 0.05) is 30.4 Å². The molecule has 1 aromatic carbocycles. The van der Waals surface area contributed by atoms with Crippen LogP contribution in [0.25, 0.3) is 10.9 Å². The molecule has 1 saturated heterocycles. The summed E-state index contributed by atoms with van der Waals surface area (Å²) in [4.78, 5) is 25.8. The van der Waals surface area contributed by atoms with Crippen LogP contribution in [0.2, 0.25) is 0 Å². The highest BCUT2D eigenvalue weighted by atomic mass is 16.5. The topological polar surface area (TPSA) is 89.0 Å². The molecule has 0 spiro atoms. The zero-order valence-corrected chi connectivity index (χ0v) is 15.1. The van der Waals surface area contributed by atoms with Crippen molar-refractivity contribution in [2.24, 2.45) is 0 Å². The van der Waals surface area contributed by atoms with Crippen molar-refractivity contribution in [2.45, 2.75) is 25.9 Å². The molecule has 3 heterocycles. The van der Waals surface area contributed by atoms with E-state index in [-0.39, 0.29) is 12.0 Å². The molecule has 4 rings (SSSR count). The smallest absolute Gasteiger partial charge is 0.274 e. The van der Waals surface area contributed by atoms with E-state index in [4.69, 9.17) is 4.74 Å². The van der Waals surface area contributed by atoms with Crippen molar-refractivity contribution in [1.29, 1.82) is 0 Å². The summed E-state index contributed by atoms with van der Waals surface area (Å²) in [6, 6.07) is 11.2. The lowest BCUT2D eigenvalue weighted by Crippen LogP contribution is -2.21. The van der Waals surface area contributed by atoms with Crippen LogP contribution in [-0.2, 0) is 4.74 Å². The highest BCUT2D eigenvalue weighted by molar-refractivity contribution is 6.07. The van der Waals surface area contributed by atoms with E-state index in [1.165, 1.54) is 0 Å². The Morgan fingerprint density at radius 2 is 2.15 bits per heavy atom. The Morgan fingerprint density at radius 1 is 1.26 bits per heavy atom. The third kappa shape index (κ3) is 4.03. The average molecular weight is 363 g/mol. The van der Waals surface area contributed by atoms with Crippen molar-refractivity contribution in [3.8, 4) is 0 Å². The van der Waals surface area contributed by atoms with Crippen molar-refractivity contribution in [1.82, 2.24) is 15.0 Å². The lowest BCUT2D eigenvalue weighted by molar-refractivity contribution is 0.102. The Morgan fingerprint density at radius 3 is 3.00 bits per heavy atom. The first-order valence-electron chi connectivity index (χ1n) is 9.05. The van der Waals surface area contributed by atoms with Crippen LogP contribution in [0, 0.1) is 6.92 Å². The fraction of sp³-hybridized carbons (Fsp3) is 0.300. The molecule has 1 aliphatic heterocycles. The number of fused-ring (bicyclic) bond motifs is 1. The Kier molecular flexibility index (Phi) is 4.93. The predicted molar refractivity (Wildman–Crippen MR) is 104 cm³/mol. The number of hydrogen-bond donors (Lipinski definition) is 2. The Labute approximate surface area is 157 Å². The van der Waals surface area contributed by atoms with Crippen LogP contribution in [0.15, 0.2) is 42.6 Å². The summed E-state index contributed by atoms with van der Waals surface area (Å²) in [7, 11) is 0. The minimum absolute atomic E-state index is 0.174. The van der Waals surface area contributed by atoms with Gasteiger partial charge in [-0.2, -0.15) is 0 Å². The molecule has 2 aromatic heterocycles. The standard InChI is InChI=1S/C20H21N5O2/c1-13-11-17(25-20(23-13)22-12-15-7-4-10-27-15)19(26)24-16-8-2-5-14-6-3-9-21-18(14)16/h2-3,5-6,8-9,11,15H,4,7,10,12H2,1H3,(H,24,26)(H,22,23,25). The zero-order chi connectivity index (χ0) is 18.6. The molecule has 0 saturated carbocycles. The summed E-state index contributed by atoms with van der Waals surface area (Å²) >= 11 is 0. The SMILES string of the molecule is Cc1cc(C(=O)Nc2cccc3cccnc23)nc(NCC2CCCO2)n1. The van der Waals surface area contributed by atoms with Crippen LogP contribution in [0.3, 0.4) is 0 Å². The number of ether oxygens (including phenoxy) is 1. The second-order valence-corrected chi connectivity index (χ2v) is 6.57. The maximum Gasteiger partial charge on any atom is 0.274 e. The first-order chi connectivity index (χ1) is 13.2. The largest absolute Gasteiger partial charge is 0.376 e. The summed E-state index contributed by atoms with van der Waals surface area (Å²) in [6.07, 6.45) is 3.99. The highest BCUT2D eigenvalue weighted by Crippen LogP contribution is 2.21. The second kappa shape index (κ2) is 7.67. The Balaban J connectivity index is 1.52. The van der Waals surface area contributed by atoms with Crippen molar-refractivity contribution in [2.75, 3.05) is 23.8 Å². The fourth-order valence-corrected chi connectivity index (χ4v) is 3.17. The van der Waals surface area contributed by atoms with Gasteiger partial charge in [0.05, 0.1) is 17.3 Å². The van der Waals surface area contributed by atoms with Crippen molar-refractivity contribution < 1.29 is 9.53 Å². The van der Waals surface area contributed by atoms with E-state index < -0.39 is 0 Å². The lowest BCUT2D eigenvalue weighted by Gasteiger charge is -2.12. The molecular weight excluding hydrogens is 342 g/mol. The molecule has 1 unspecified atom stereocenters. The molecule has 7 heteroatoms. The molecule has 0 bridgehead atoms. The van der Waals surface area contributed by atoms with Gasteiger partial charge < -0.3 is 15.4 Å². The molecule has 2 N–H and O–H groups in total. The number of pyridine rings is 1. The number of rotatable bonds is 5. The number of para-hydroxylation sites is 1. The van der Waals surface area contributed by atoms with Crippen LogP contribution < -0.4 is 10.6 Å². The Bertz CT molecular complexity index is 964. The highest BCUT2D eigenvalue weighted by Gasteiger charge is 2.17. The maximum atomic E-state index is 12.7. The summed E-state index contributed by atoms with van der Waals surface area (Å²) in [6.45, 7) is 3.28. The Hall–Kier alpha value is -3.06. The van der Waals surface area contributed by atoms with Crippen LogP contribution in [-0.4, -0.2) is 40.1 Å². The van der Waals surface area contributed by atoms with Gasteiger partial charge in [-0.25, -0.2) is 9.97 Å². The van der Waals surface area contributed by atoms with Gasteiger partial charge in [-0.3, -0.25) is 9.78 Å². The van der Waals surface area contributed by atoms with E-state index in [9.17, 15) is 4.79 Å².